The van der Waals surface area contributed by atoms with E-state index in [0.29, 0.717) is 50.4 Å². The Bertz CT molecular complexity index is 6660. The Hall–Kier alpha value is -12.1. The quantitative estimate of drug-likeness (QED) is 0.0781. The summed E-state index contributed by atoms with van der Waals surface area (Å²) in [5, 5.41) is -0.161. The van der Waals surface area contributed by atoms with E-state index in [1.807, 2.05) is 6.07 Å². The van der Waals surface area contributed by atoms with Crippen LogP contribution in [0, 0.1) is 125 Å². The van der Waals surface area contributed by atoms with Crippen LogP contribution in [0.3, 0.4) is 0 Å². The molecular formula is C100H91N8O3P. The minimum Gasteiger partial charge on any atom is -0.354 e. The third-order valence-electron chi connectivity index (χ3n) is 22.9. The molecule has 0 saturated carbocycles. The van der Waals surface area contributed by atoms with Gasteiger partial charge in [0.05, 0.1) is 50.9 Å². The zero-order valence-corrected chi connectivity index (χ0v) is 67.8. The van der Waals surface area contributed by atoms with E-state index in [0.717, 1.165) is 217 Å². The number of H-pyrrole nitrogens is 4. The number of hydrogen-bond acceptors (Lipinski definition) is 5. The predicted octanol–water partition coefficient (Wildman–Crippen LogP) is 25.3. The van der Waals surface area contributed by atoms with Gasteiger partial charge in [-0.05, 0) is 345 Å². The van der Waals surface area contributed by atoms with E-state index in [1.165, 1.54) is 11.1 Å². The molecule has 17 rings (SSSR count). The third kappa shape index (κ3) is 12.5. The number of aromatic nitrogens is 8. The number of nitrogens with zero attached hydrogens (tertiary/aromatic N) is 4. The highest BCUT2D eigenvalue weighted by molar-refractivity contribution is 7.60. The van der Waals surface area contributed by atoms with E-state index in [4.69, 9.17) is 19.9 Å². The van der Waals surface area contributed by atoms with Crippen molar-refractivity contribution in [3.8, 4) is 89.0 Å². The fourth-order valence-electron chi connectivity index (χ4n) is 19.1. The molecule has 7 aromatic carbocycles. The van der Waals surface area contributed by atoms with Crippen LogP contribution in [0.4, 0.5) is 0 Å². The van der Waals surface area contributed by atoms with E-state index in [9.17, 15) is 14.4 Å². The van der Waals surface area contributed by atoms with Crippen molar-refractivity contribution < 1.29 is 14.4 Å². The normalized spacial score (nSPS) is 12.5. The first-order chi connectivity index (χ1) is 53.5. The molecule has 11 nitrogen and oxygen atoms in total. The molecule has 6 aromatic heterocycles. The van der Waals surface area contributed by atoms with Crippen molar-refractivity contribution in [2.45, 2.75) is 125 Å². The van der Waals surface area contributed by atoms with Crippen LogP contribution < -0.4 is 5.30 Å². The minimum absolute atomic E-state index is 0.161. The molecule has 16 bridgehead atoms. The number of benzene rings is 7. The summed E-state index contributed by atoms with van der Waals surface area (Å²) in [4.78, 5) is 63.0. The topological polar surface area (TPSA) is 172 Å². The SMILES string of the molecule is Cc1cc(C)c(-c2c3nc(c(-c4c(C)cc(C)cc4C)c4ccc([nH]4)c(-c4c(C)cc(C)cc4C)c4nc(c(-c5ccc(P(=O)(O)O)cc5-c5c6nc(c(-c7c(C)cc(C)cc7C)c7ccc([nH]7)c(-c7c(C)cc(C)cc7C)c7nc(c(-c8c(C)cc(C)cc8C)c8ccc5[nH]8)C=C7)C=C6)c5ccc2[nH]5)C=C4)C=C3)c(C)c1. The van der Waals surface area contributed by atoms with Gasteiger partial charge in [-0.2, -0.15) is 0 Å². The molecule has 0 aliphatic carbocycles. The van der Waals surface area contributed by atoms with Gasteiger partial charge in [0.2, 0.25) is 0 Å². The zero-order chi connectivity index (χ0) is 78.5. The molecule has 0 saturated heterocycles. The van der Waals surface area contributed by atoms with E-state index >= 15 is 0 Å². The van der Waals surface area contributed by atoms with Crippen molar-refractivity contribution in [1.29, 1.82) is 0 Å². The van der Waals surface area contributed by atoms with E-state index < -0.39 is 7.60 Å². The first kappa shape index (κ1) is 72.7. The molecule has 0 atom stereocenters. The highest BCUT2D eigenvalue weighted by Crippen LogP contribution is 2.49. The number of aromatic amines is 4. The van der Waals surface area contributed by atoms with Crippen molar-refractivity contribution in [1.82, 2.24) is 39.9 Å². The first-order valence-electron chi connectivity index (χ1n) is 38.5. The van der Waals surface area contributed by atoms with Crippen LogP contribution in [0.15, 0.2) is 140 Å². The highest BCUT2D eigenvalue weighted by atomic mass is 31.2. The summed E-state index contributed by atoms with van der Waals surface area (Å²) >= 11 is 0. The lowest BCUT2D eigenvalue weighted by atomic mass is 9.92. The van der Waals surface area contributed by atoms with Crippen LogP contribution >= 0.6 is 7.60 Å². The average Bonchev–Trinajstić information content (AvgIpc) is 1.27. The van der Waals surface area contributed by atoms with Gasteiger partial charge in [-0.3, -0.25) is 4.57 Å². The summed E-state index contributed by atoms with van der Waals surface area (Å²) in [7, 11) is -5.01. The molecule has 6 N–H and O–H groups in total. The van der Waals surface area contributed by atoms with E-state index in [1.54, 1.807) is 12.1 Å². The summed E-state index contributed by atoms with van der Waals surface area (Å²) in [5.41, 5.74) is 47.1. The predicted molar refractivity (Wildman–Crippen MR) is 472 cm³/mol. The number of nitrogens with one attached hydrogen (secondary N) is 4. The molecular weight excluding hydrogens is 1390 g/mol. The molecule has 10 heterocycles. The Morgan fingerprint density at radius 2 is 0.384 bits per heavy atom. The molecule has 4 aliphatic heterocycles. The van der Waals surface area contributed by atoms with Gasteiger partial charge in [0.25, 0.3) is 0 Å². The molecule has 0 amide bonds. The summed E-state index contributed by atoms with van der Waals surface area (Å²) < 4.78 is 14.4. The molecule has 554 valence electrons. The van der Waals surface area contributed by atoms with Crippen LogP contribution in [0.1, 0.15) is 146 Å². The molecule has 0 fully saturated rings. The van der Waals surface area contributed by atoms with Crippen LogP contribution in [0.2, 0.25) is 0 Å². The van der Waals surface area contributed by atoms with Gasteiger partial charge in [0.1, 0.15) is 0 Å². The second kappa shape index (κ2) is 27.4. The Morgan fingerprint density at radius 1 is 0.214 bits per heavy atom. The molecule has 0 spiro atoms. The maximum atomic E-state index is 14.4. The lowest BCUT2D eigenvalue weighted by Gasteiger charge is -2.16. The van der Waals surface area contributed by atoms with Gasteiger partial charge in [-0.15, -0.1) is 0 Å². The number of rotatable bonds is 9. The average molecular weight is 1480 g/mol. The van der Waals surface area contributed by atoms with Crippen molar-refractivity contribution in [3.63, 3.8) is 0 Å². The van der Waals surface area contributed by atoms with Crippen LogP contribution in [-0.4, -0.2) is 49.7 Å². The van der Waals surface area contributed by atoms with Gasteiger partial charge >= 0.3 is 7.60 Å². The van der Waals surface area contributed by atoms with E-state index in [2.05, 4.69) is 314 Å². The fraction of sp³-hybridized carbons (Fsp3) is 0.180. The van der Waals surface area contributed by atoms with Crippen molar-refractivity contribution >= 4 is 106 Å². The smallest absolute Gasteiger partial charge is 0.354 e. The van der Waals surface area contributed by atoms with Gasteiger partial charge in [-0.25, -0.2) is 19.9 Å². The molecule has 13 aromatic rings. The maximum absolute atomic E-state index is 14.4. The number of hydrogen-bond donors (Lipinski definition) is 6. The molecule has 4 aliphatic rings. The monoisotopic (exact) mass is 1480 g/mol. The largest absolute Gasteiger partial charge is 0.356 e. The standard InChI is InChI=1S/C100H91N8O3P/c1-50-37-56(7)87(57(8)38-50)95-75-25-21-71(101-75)93(72-22-26-76(102-72)96(88-58(9)39-51(2)40-59(88)10)80-30-34-84(106-80)99(83-33-29-79(95)105-83)91-64(15)45-54(5)46-65(91)16)69-20-19-68(112(109,110)111)49-70(69)94-73-23-27-77(103-73)97(89-60(11)41-52(3)42-61(89)12)81-31-35-85(107-81)100(92-66(17)47-55(6)48-67(92)18)86-36-32-82(108-86)98(78-28-24-74(94)104-78)90-62(13)43-53(4)44-63(90)14/h19-49,101,103,106,108H,1-18H3,(H2,109,110,111). The summed E-state index contributed by atoms with van der Waals surface area (Å²) in [6, 6.07) is 49.3. The lowest BCUT2D eigenvalue weighted by molar-refractivity contribution is 0.387. The second-order valence-corrected chi connectivity index (χ2v) is 33.5. The lowest BCUT2D eigenvalue weighted by Crippen LogP contribution is -2.06. The van der Waals surface area contributed by atoms with Gasteiger partial charge < -0.3 is 29.7 Å². The van der Waals surface area contributed by atoms with Crippen molar-refractivity contribution in [2.75, 3.05) is 0 Å². The first-order valence-corrected chi connectivity index (χ1v) is 40.2. The van der Waals surface area contributed by atoms with Crippen LogP contribution in [0.25, 0.3) is 182 Å². The summed E-state index contributed by atoms with van der Waals surface area (Å²) in [6.45, 7) is 39.1. The maximum Gasteiger partial charge on any atom is 0.356 e. The zero-order valence-electron chi connectivity index (χ0n) is 66.9. The van der Waals surface area contributed by atoms with Crippen LogP contribution in [-0.2, 0) is 4.57 Å². The Labute approximate surface area is 654 Å². The van der Waals surface area contributed by atoms with Gasteiger partial charge in [0, 0.05) is 88.6 Å². The van der Waals surface area contributed by atoms with E-state index in [-0.39, 0.29) is 5.30 Å². The van der Waals surface area contributed by atoms with Gasteiger partial charge in [-0.1, -0.05) is 112 Å². The molecule has 112 heavy (non-hydrogen) atoms. The minimum atomic E-state index is -5.01. The highest BCUT2D eigenvalue weighted by Gasteiger charge is 2.30. The second-order valence-electron chi connectivity index (χ2n) is 31.9. The summed E-state index contributed by atoms with van der Waals surface area (Å²) in [5.74, 6) is 0. The Kier molecular flexibility index (Phi) is 17.8. The number of fused-ring (bicyclic) bond motifs is 16. The molecule has 0 unspecified atom stereocenters. The van der Waals surface area contributed by atoms with Gasteiger partial charge in [0.15, 0.2) is 0 Å². The van der Waals surface area contributed by atoms with Crippen molar-refractivity contribution in [3.05, 3.63) is 285 Å². The summed E-state index contributed by atoms with van der Waals surface area (Å²) in [6.07, 6.45) is 17.0. The Balaban J connectivity index is 1.07. The third-order valence-corrected chi connectivity index (χ3v) is 23.9. The van der Waals surface area contributed by atoms with Crippen molar-refractivity contribution in [2.24, 2.45) is 0 Å². The van der Waals surface area contributed by atoms with Crippen LogP contribution in [0.5, 0.6) is 0 Å². The Morgan fingerprint density at radius 3 is 0.571 bits per heavy atom. The number of aryl methyl sites for hydroxylation is 18. The molecule has 0 radical (unpaired) electrons. The molecule has 12 heteroatoms. The fourth-order valence-corrected chi connectivity index (χ4v) is 19.7.